The van der Waals surface area contributed by atoms with Crippen LogP contribution in [0.25, 0.3) is 10.2 Å². The zero-order valence-corrected chi connectivity index (χ0v) is 12.2. The van der Waals surface area contributed by atoms with Crippen LogP contribution in [0.1, 0.15) is 28.2 Å². The molecule has 0 bridgehead atoms. The highest BCUT2D eigenvalue weighted by molar-refractivity contribution is 7.21. The van der Waals surface area contributed by atoms with Gasteiger partial charge in [0.15, 0.2) is 0 Å². The van der Waals surface area contributed by atoms with Gasteiger partial charge < -0.3 is 16.8 Å². The van der Waals surface area contributed by atoms with Crippen molar-refractivity contribution in [3.05, 3.63) is 10.6 Å². The van der Waals surface area contributed by atoms with E-state index in [9.17, 15) is 9.59 Å². The molecule has 5 N–H and O–H groups in total. The Morgan fingerprint density at radius 1 is 1.45 bits per heavy atom. The highest BCUT2D eigenvalue weighted by atomic mass is 32.1. The van der Waals surface area contributed by atoms with Gasteiger partial charge in [0.1, 0.15) is 9.71 Å². The standard InChI is InChI=1S/C12H17N5O2S/c1-6-8-9(14)10(20-12(8)17(2)16-6)11(19)15-5-3-4-7(13)18/h3-5,14H2,1-2H3,(H2,13,18)(H,15,19). The zero-order valence-electron chi connectivity index (χ0n) is 11.4. The van der Waals surface area contributed by atoms with Crippen LogP contribution in [0.3, 0.4) is 0 Å². The third-order valence-electron chi connectivity index (χ3n) is 2.97. The van der Waals surface area contributed by atoms with Crippen molar-refractivity contribution < 1.29 is 9.59 Å². The van der Waals surface area contributed by atoms with Crippen molar-refractivity contribution in [3.8, 4) is 0 Å². The first-order chi connectivity index (χ1) is 9.41. The Bertz CT molecular complexity index is 673. The molecule has 0 aliphatic rings. The van der Waals surface area contributed by atoms with Crippen LogP contribution in [0.2, 0.25) is 0 Å². The second-order valence-corrected chi connectivity index (χ2v) is 5.56. The van der Waals surface area contributed by atoms with Gasteiger partial charge in [-0.15, -0.1) is 11.3 Å². The van der Waals surface area contributed by atoms with Gasteiger partial charge in [0.05, 0.1) is 16.8 Å². The normalized spacial score (nSPS) is 10.9. The Hall–Kier alpha value is -2.09. The van der Waals surface area contributed by atoms with E-state index in [1.165, 1.54) is 11.3 Å². The molecule has 0 fully saturated rings. The molecule has 108 valence electrons. The van der Waals surface area contributed by atoms with Crippen molar-refractivity contribution >= 4 is 39.1 Å². The summed E-state index contributed by atoms with van der Waals surface area (Å²) in [5.74, 6) is -0.602. The number of aryl methyl sites for hydroxylation is 2. The van der Waals surface area contributed by atoms with Gasteiger partial charge in [-0.25, -0.2) is 0 Å². The quantitative estimate of drug-likeness (QED) is 0.697. The molecular formula is C12H17N5O2S. The van der Waals surface area contributed by atoms with Gasteiger partial charge >= 0.3 is 0 Å². The predicted molar refractivity (Wildman–Crippen MR) is 78.5 cm³/mol. The molecule has 0 unspecified atom stereocenters. The van der Waals surface area contributed by atoms with E-state index in [2.05, 4.69) is 10.4 Å². The number of rotatable bonds is 5. The van der Waals surface area contributed by atoms with Crippen molar-refractivity contribution in [2.75, 3.05) is 12.3 Å². The number of hydrogen-bond acceptors (Lipinski definition) is 5. The summed E-state index contributed by atoms with van der Waals surface area (Å²) in [6, 6.07) is 0. The van der Waals surface area contributed by atoms with Gasteiger partial charge in [0.2, 0.25) is 5.91 Å². The first-order valence-corrected chi connectivity index (χ1v) is 7.01. The minimum atomic E-state index is -0.373. The number of nitrogens with two attached hydrogens (primary N) is 2. The fourth-order valence-corrected chi connectivity index (χ4v) is 3.15. The highest BCUT2D eigenvalue weighted by Crippen LogP contribution is 2.35. The topological polar surface area (TPSA) is 116 Å². The van der Waals surface area contributed by atoms with E-state index in [0.29, 0.717) is 23.5 Å². The van der Waals surface area contributed by atoms with E-state index in [-0.39, 0.29) is 18.2 Å². The molecule has 0 aliphatic carbocycles. The molecule has 0 radical (unpaired) electrons. The molecule has 2 heterocycles. The molecule has 7 nitrogen and oxygen atoms in total. The minimum Gasteiger partial charge on any atom is -0.397 e. The number of amides is 2. The van der Waals surface area contributed by atoms with E-state index in [1.807, 2.05) is 14.0 Å². The summed E-state index contributed by atoms with van der Waals surface area (Å²) in [6.07, 6.45) is 0.775. The summed E-state index contributed by atoms with van der Waals surface area (Å²) in [4.78, 5) is 24.0. The third-order valence-corrected chi connectivity index (χ3v) is 4.25. The molecule has 2 aromatic heterocycles. The number of nitrogens with one attached hydrogen (secondary N) is 1. The molecule has 0 aromatic carbocycles. The lowest BCUT2D eigenvalue weighted by Crippen LogP contribution is -2.25. The van der Waals surface area contributed by atoms with Gasteiger partial charge in [0.25, 0.3) is 5.91 Å². The minimum absolute atomic E-state index is 0.229. The number of nitrogen functional groups attached to an aromatic ring is 1. The van der Waals surface area contributed by atoms with E-state index in [4.69, 9.17) is 11.5 Å². The summed E-state index contributed by atoms with van der Waals surface area (Å²) >= 11 is 1.32. The van der Waals surface area contributed by atoms with Crippen molar-refractivity contribution in [1.29, 1.82) is 0 Å². The van der Waals surface area contributed by atoms with Crippen molar-refractivity contribution in [2.24, 2.45) is 12.8 Å². The molecule has 0 spiro atoms. The van der Waals surface area contributed by atoms with E-state index < -0.39 is 0 Å². The van der Waals surface area contributed by atoms with E-state index in [0.717, 1.165) is 15.9 Å². The van der Waals surface area contributed by atoms with E-state index in [1.54, 1.807) is 4.68 Å². The number of carbonyl (C=O) groups is 2. The maximum absolute atomic E-state index is 12.1. The molecule has 8 heteroatoms. The van der Waals surface area contributed by atoms with Crippen LogP contribution in [0.4, 0.5) is 5.69 Å². The van der Waals surface area contributed by atoms with Crippen LogP contribution < -0.4 is 16.8 Å². The summed E-state index contributed by atoms with van der Waals surface area (Å²) in [5.41, 5.74) is 12.3. The average Bonchev–Trinajstić information content (AvgIpc) is 2.85. The summed E-state index contributed by atoms with van der Waals surface area (Å²) in [5, 5.41) is 7.84. The fraction of sp³-hybridized carbons (Fsp3) is 0.417. The molecule has 0 saturated heterocycles. The number of thiophene rings is 1. The number of hydrogen-bond donors (Lipinski definition) is 3. The lowest BCUT2D eigenvalue weighted by Gasteiger charge is -2.03. The monoisotopic (exact) mass is 295 g/mol. The van der Waals surface area contributed by atoms with Crippen LogP contribution >= 0.6 is 11.3 Å². The first-order valence-electron chi connectivity index (χ1n) is 6.20. The van der Waals surface area contributed by atoms with E-state index >= 15 is 0 Å². The first kappa shape index (κ1) is 14.3. The summed E-state index contributed by atoms with van der Waals surface area (Å²) in [7, 11) is 1.82. The predicted octanol–water partition coefficient (Wildman–Crippen LogP) is 0.521. The van der Waals surface area contributed by atoms with Crippen LogP contribution in [-0.4, -0.2) is 28.1 Å². The van der Waals surface area contributed by atoms with Gasteiger partial charge in [-0.3, -0.25) is 14.3 Å². The average molecular weight is 295 g/mol. The molecular weight excluding hydrogens is 278 g/mol. The lowest BCUT2D eigenvalue weighted by molar-refractivity contribution is -0.118. The van der Waals surface area contributed by atoms with Crippen LogP contribution in [-0.2, 0) is 11.8 Å². The maximum Gasteiger partial charge on any atom is 0.263 e. The number of anilines is 1. The summed E-state index contributed by atoms with van der Waals surface area (Å²) in [6.45, 7) is 2.26. The fourth-order valence-electron chi connectivity index (χ4n) is 2.04. The number of aromatic nitrogens is 2. The Morgan fingerprint density at radius 2 is 2.15 bits per heavy atom. The highest BCUT2D eigenvalue weighted by Gasteiger charge is 2.20. The van der Waals surface area contributed by atoms with Crippen LogP contribution in [0.15, 0.2) is 0 Å². The SMILES string of the molecule is Cc1nn(C)c2sc(C(=O)NCCCC(N)=O)c(N)c12. The molecule has 2 rings (SSSR count). The molecule has 2 aromatic rings. The smallest absolute Gasteiger partial charge is 0.263 e. The van der Waals surface area contributed by atoms with Crippen molar-refractivity contribution in [1.82, 2.24) is 15.1 Å². The number of fused-ring (bicyclic) bond motifs is 1. The molecule has 0 saturated carbocycles. The van der Waals surface area contributed by atoms with Gasteiger partial charge in [-0.1, -0.05) is 0 Å². The van der Waals surface area contributed by atoms with Gasteiger partial charge in [-0.2, -0.15) is 5.10 Å². The summed E-state index contributed by atoms with van der Waals surface area (Å²) < 4.78 is 1.72. The molecule has 0 aliphatic heterocycles. The van der Waals surface area contributed by atoms with Gasteiger partial charge in [-0.05, 0) is 13.3 Å². The van der Waals surface area contributed by atoms with Crippen LogP contribution in [0.5, 0.6) is 0 Å². The van der Waals surface area contributed by atoms with Crippen molar-refractivity contribution in [3.63, 3.8) is 0 Å². The maximum atomic E-state index is 12.1. The Labute approximate surface area is 119 Å². The third kappa shape index (κ3) is 2.60. The number of primary amides is 1. The largest absolute Gasteiger partial charge is 0.397 e. The number of carbonyl (C=O) groups excluding carboxylic acids is 2. The van der Waals surface area contributed by atoms with Crippen LogP contribution in [0, 0.1) is 6.92 Å². The zero-order chi connectivity index (χ0) is 14.9. The Balaban J connectivity index is 2.12. The lowest BCUT2D eigenvalue weighted by atomic mass is 10.2. The molecule has 0 atom stereocenters. The second kappa shape index (κ2) is 5.49. The Morgan fingerprint density at radius 3 is 2.75 bits per heavy atom. The molecule has 2 amide bonds. The number of nitrogens with zero attached hydrogens (tertiary/aromatic N) is 2. The second-order valence-electron chi connectivity index (χ2n) is 4.56. The molecule has 20 heavy (non-hydrogen) atoms. The van der Waals surface area contributed by atoms with Crippen molar-refractivity contribution in [2.45, 2.75) is 19.8 Å². The Kier molecular flexibility index (Phi) is 3.93. The van der Waals surface area contributed by atoms with Gasteiger partial charge in [0, 0.05) is 20.0 Å².